The van der Waals surface area contributed by atoms with Gasteiger partial charge in [-0.2, -0.15) is 0 Å². The van der Waals surface area contributed by atoms with E-state index in [-0.39, 0.29) is 5.91 Å². The first-order chi connectivity index (χ1) is 7.95. The van der Waals surface area contributed by atoms with Gasteiger partial charge in [-0.25, -0.2) is 0 Å². The van der Waals surface area contributed by atoms with Crippen LogP contribution in [0, 0.1) is 0 Å². The van der Waals surface area contributed by atoms with Crippen molar-refractivity contribution in [1.82, 2.24) is 9.96 Å². The molecule has 0 radical (unpaired) electrons. The van der Waals surface area contributed by atoms with Gasteiger partial charge in [0.1, 0.15) is 5.75 Å². The predicted molar refractivity (Wildman–Crippen MR) is 68.4 cm³/mol. The van der Waals surface area contributed by atoms with Crippen LogP contribution in [0.3, 0.4) is 0 Å². The lowest BCUT2D eigenvalue weighted by atomic mass is 10.2. The van der Waals surface area contributed by atoms with Crippen molar-refractivity contribution in [3.8, 4) is 5.75 Å². The molecule has 0 aliphatic carbocycles. The first-order valence-corrected chi connectivity index (χ1v) is 5.73. The summed E-state index contributed by atoms with van der Waals surface area (Å²) < 4.78 is 0. The van der Waals surface area contributed by atoms with Crippen LogP contribution in [0.5, 0.6) is 5.75 Å². The molecule has 0 bridgehead atoms. The molecule has 0 aliphatic rings. The second kappa shape index (κ2) is 5.89. The van der Waals surface area contributed by atoms with Crippen LogP contribution in [-0.4, -0.2) is 43.6 Å². The average molecular weight is 257 g/mol. The van der Waals surface area contributed by atoms with Crippen LogP contribution in [0.1, 0.15) is 17.3 Å². The summed E-state index contributed by atoms with van der Waals surface area (Å²) in [6.07, 6.45) is 0. The van der Waals surface area contributed by atoms with E-state index >= 15 is 0 Å². The lowest BCUT2D eigenvalue weighted by Gasteiger charge is -2.16. The number of halogens is 1. The van der Waals surface area contributed by atoms with Crippen molar-refractivity contribution in [3.63, 3.8) is 0 Å². The van der Waals surface area contributed by atoms with Gasteiger partial charge in [0.2, 0.25) is 0 Å². The fourth-order valence-electron chi connectivity index (χ4n) is 1.21. The summed E-state index contributed by atoms with van der Waals surface area (Å²) in [6.45, 7) is 2.74. The van der Waals surface area contributed by atoms with Gasteiger partial charge in [0.15, 0.2) is 0 Å². The zero-order valence-corrected chi connectivity index (χ0v) is 11.3. The molecule has 5 heteroatoms. The fourth-order valence-corrected chi connectivity index (χ4v) is 1.46. The summed E-state index contributed by atoms with van der Waals surface area (Å²) in [5.74, 6) is 0.500. The Morgan fingerprint density at radius 2 is 2.00 bits per heavy atom. The minimum Gasteiger partial charge on any atom is -0.406 e. The number of hydroxylamine groups is 2. The number of hydrogen-bond donors (Lipinski definition) is 0. The molecule has 0 aromatic heterocycles. The number of amides is 1. The number of rotatable bonds is 4. The Morgan fingerprint density at radius 1 is 1.35 bits per heavy atom. The number of carbonyl (C=O) groups excluding carboxylic acids is 1. The maximum absolute atomic E-state index is 11.7. The molecule has 94 valence electrons. The first kappa shape index (κ1) is 13.8. The Morgan fingerprint density at radius 3 is 2.47 bits per heavy atom. The molecule has 0 saturated carbocycles. The first-order valence-electron chi connectivity index (χ1n) is 5.36. The molecule has 1 amide bonds. The Bertz CT molecular complexity index is 407. The second-order valence-corrected chi connectivity index (χ2v) is 4.28. The molecule has 0 fully saturated rings. The van der Waals surface area contributed by atoms with E-state index < -0.39 is 0 Å². The number of hydrogen-bond acceptors (Lipinski definition) is 3. The summed E-state index contributed by atoms with van der Waals surface area (Å²) in [4.78, 5) is 18.7. The summed E-state index contributed by atoms with van der Waals surface area (Å²) in [5, 5.41) is 2.07. The smallest absolute Gasteiger partial charge is 0.254 e. The third kappa shape index (κ3) is 3.61. The minimum absolute atomic E-state index is 0.120. The molecule has 0 unspecified atom stereocenters. The highest BCUT2D eigenvalue weighted by Gasteiger charge is 2.13. The molecule has 0 spiro atoms. The Hall–Kier alpha value is -1.26. The monoisotopic (exact) mass is 256 g/mol. The van der Waals surface area contributed by atoms with E-state index in [1.807, 2.05) is 14.0 Å². The molecule has 4 nitrogen and oxygen atoms in total. The highest BCUT2D eigenvalue weighted by Crippen LogP contribution is 2.23. The van der Waals surface area contributed by atoms with Crippen LogP contribution >= 0.6 is 11.6 Å². The summed E-state index contributed by atoms with van der Waals surface area (Å²) in [5.41, 5.74) is 0.475. The Kier molecular flexibility index (Phi) is 4.78. The Balaban J connectivity index is 2.90. The maximum atomic E-state index is 11.7. The molecular formula is C12H17ClN2O2. The zero-order chi connectivity index (χ0) is 13.0. The summed E-state index contributed by atoms with van der Waals surface area (Å²) >= 11 is 6.05. The second-order valence-electron chi connectivity index (χ2n) is 3.88. The lowest BCUT2D eigenvalue weighted by molar-refractivity contribution is -0.0262. The van der Waals surface area contributed by atoms with Gasteiger partial charge in [0.05, 0.1) is 10.6 Å². The SMILES string of the molecule is CCN(C)Oc1ccc(C(=O)N(C)C)c(Cl)c1. The van der Waals surface area contributed by atoms with Gasteiger partial charge in [0.25, 0.3) is 5.91 Å². The predicted octanol–water partition coefficient (Wildman–Crippen LogP) is 2.29. The third-order valence-electron chi connectivity index (χ3n) is 2.28. The van der Waals surface area contributed by atoms with Crippen molar-refractivity contribution in [2.45, 2.75) is 6.92 Å². The quantitative estimate of drug-likeness (QED) is 0.775. The van der Waals surface area contributed by atoms with Gasteiger partial charge in [-0.05, 0) is 19.1 Å². The summed E-state index contributed by atoms with van der Waals surface area (Å²) in [7, 11) is 5.20. The summed E-state index contributed by atoms with van der Waals surface area (Å²) in [6, 6.07) is 5.04. The number of benzene rings is 1. The number of nitrogens with zero attached hydrogens (tertiary/aromatic N) is 2. The van der Waals surface area contributed by atoms with Crippen LogP contribution < -0.4 is 4.84 Å². The molecule has 0 heterocycles. The third-order valence-corrected chi connectivity index (χ3v) is 2.60. The topological polar surface area (TPSA) is 32.8 Å². The van der Waals surface area contributed by atoms with Crippen LogP contribution in [0.15, 0.2) is 18.2 Å². The number of carbonyl (C=O) groups is 1. The van der Waals surface area contributed by atoms with E-state index in [4.69, 9.17) is 16.4 Å². The van der Waals surface area contributed by atoms with Gasteiger partial charge in [0, 0.05) is 33.8 Å². The molecule has 1 rings (SSSR count). The average Bonchev–Trinajstić information content (AvgIpc) is 2.28. The highest BCUT2D eigenvalue weighted by molar-refractivity contribution is 6.34. The van der Waals surface area contributed by atoms with Crippen molar-refractivity contribution < 1.29 is 9.63 Å². The van der Waals surface area contributed by atoms with Crippen molar-refractivity contribution in [2.75, 3.05) is 27.7 Å². The van der Waals surface area contributed by atoms with Gasteiger partial charge in [-0.3, -0.25) is 4.79 Å². The Labute approximate surface area is 107 Å². The van der Waals surface area contributed by atoms with Crippen molar-refractivity contribution >= 4 is 17.5 Å². The van der Waals surface area contributed by atoms with E-state index in [0.29, 0.717) is 16.3 Å². The molecular weight excluding hydrogens is 240 g/mol. The van der Waals surface area contributed by atoms with Crippen LogP contribution in [0.4, 0.5) is 0 Å². The molecule has 0 aliphatic heterocycles. The highest BCUT2D eigenvalue weighted by atomic mass is 35.5. The van der Waals surface area contributed by atoms with Gasteiger partial charge in [-0.1, -0.05) is 11.6 Å². The van der Waals surface area contributed by atoms with E-state index in [1.54, 1.807) is 37.4 Å². The van der Waals surface area contributed by atoms with Crippen molar-refractivity contribution in [2.24, 2.45) is 0 Å². The normalized spacial score (nSPS) is 10.5. The minimum atomic E-state index is -0.120. The van der Waals surface area contributed by atoms with Gasteiger partial charge >= 0.3 is 0 Å². The molecule has 0 atom stereocenters. The standard InChI is InChI=1S/C12H17ClN2O2/c1-5-15(4)17-9-6-7-10(11(13)8-9)12(16)14(2)3/h6-8H,5H2,1-4H3. The molecule has 1 aromatic carbocycles. The lowest BCUT2D eigenvalue weighted by Crippen LogP contribution is -2.23. The van der Waals surface area contributed by atoms with Crippen molar-refractivity contribution in [3.05, 3.63) is 28.8 Å². The van der Waals surface area contributed by atoms with E-state index in [2.05, 4.69) is 0 Å². The fraction of sp³-hybridized carbons (Fsp3) is 0.417. The van der Waals surface area contributed by atoms with E-state index in [0.717, 1.165) is 6.54 Å². The molecule has 0 N–H and O–H groups in total. The van der Waals surface area contributed by atoms with Crippen LogP contribution in [0.2, 0.25) is 5.02 Å². The van der Waals surface area contributed by atoms with Crippen LogP contribution in [0.25, 0.3) is 0 Å². The van der Waals surface area contributed by atoms with Crippen LogP contribution in [-0.2, 0) is 0 Å². The van der Waals surface area contributed by atoms with Gasteiger partial charge < -0.3 is 9.74 Å². The maximum Gasteiger partial charge on any atom is 0.254 e. The van der Waals surface area contributed by atoms with Crippen molar-refractivity contribution in [1.29, 1.82) is 0 Å². The molecule has 17 heavy (non-hydrogen) atoms. The molecule has 1 aromatic rings. The largest absolute Gasteiger partial charge is 0.406 e. The molecule has 0 saturated heterocycles. The van der Waals surface area contributed by atoms with E-state index in [1.165, 1.54) is 4.90 Å². The van der Waals surface area contributed by atoms with Gasteiger partial charge in [-0.15, -0.1) is 5.06 Å². The van der Waals surface area contributed by atoms with E-state index in [9.17, 15) is 4.79 Å². The zero-order valence-electron chi connectivity index (χ0n) is 10.5.